The van der Waals surface area contributed by atoms with E-state index in [2.05, 4.69) is 15.6 Å². The highest BCUT2D eigenvalue weighted by molar-refractivity contribution is 4.92. The van der Waals surface area contributed by atoms with Crippen molar-refractivity contribution in [1.29, 1.82) is 0 Å². The van der Waals surface area contributed by atoms with Gasteiger partial charge in [0.25, 0.3) is 0 Å². The molecule has 0 bridgehead atoms. The summed E-state index contributed by atoms with van der Waals surface area (Å²) < 4.78 is 1.59. The lowest BCUT2D eigenvalue weighted by molar-refractivity contribution is 0.238. The molecule has 0 aromatic carbocycles. The average Bonchev–Trinajstić information content (AvgIpc) is 2.68. The van der Waals surface area contributed by atoms with Crippen molar-refractivity contribution in [3.05, 3.63) is 11.9 Å². The van der Waals surface area contributed by atoms with Crippen LogP contribution in [0, 0.1) is 0 Å². The maximum atomic E-state index is 8.96. The molecular weight excluding hydrogens is 196 g/mol. The van der Waals surface area contributed by atoms with Crippen molar-refractivity contribution < 1.29 is 10.2 Å². The summed E-state index contributed by atoms with van der Waals surface area (Å²) >= 11 is 0. The van der Waals surface area contributed by atoms with Crippen LogP contribution >= 0.6 is 0 Å². The molecule has 0 aliphatic rings. The van der Waals surface area contributed by atoms with Crippen molar-refractivity contribution in [1.82, 2.24) is 20.3 Å². The van der Waals surface area contributed by atoms with Crippen LogP contribution in [-0.2, 0) is 13.1 Å². The maximum Gasteiger partial charge on any atom is 0.0964 e. The first-order valence-electron chi connectivity index (χ1n) is 5.14. The van der Waals surface area contributed by atoms with E-state index in [1.807, 2.05) is 6.92 Å². The minimum absolute atomic E-state index is 0.0600. The fourth-order valence-corrected chi connectivity index (χ4v) is 1.22. The summed E-state index contributed by atoms with van der Waals surface area (Å²) in [5.41, 5.74) is 0.815. The largest absolute Gasteiger partial charge is 0.395 e. The number of rotatable bonds is 7. The SMILES string of the molecule is CC[C@H](CO)NCc1cn(CCO)nn1. The van der Waals surface area contributed by atoms with Gasteiger partial charge in [-0.2, -0.15) is 0 Å². The lowest BCUT2D eigenvalue weighted by atomic mass is 10.2. The van der Waals surface area contributed by atoms with Gasteiger partial charge in [0.2, 0.25) is 0 Å². The van der Waals surface area contributed by atoms with E-state index in [0.717, 1.165) is 12.1 Å². The zero-order chi connectivity index (χ0) is 11.1. The molecule has 86 valence electrons. The molecule has 0 saturated carbocycles. The highest BCUT2D eigenvalue weighted by Crippen LogP contribution is 1.95. The normalized spacial score (nSPS) is 13.0. The summed E-state index contributed by atoms with van der Waals surface area (Å²) in [4.78, 5) is 0. The number of hydrogen-bond acceptors (Lipinski definition) is 5. The third kappa shape index (κ3) is 3.94. The quantitative estimate of drug-likeness (QED) is 0.549. The number of aliphatic hydroxyl groups is 2. The summed E-state index contributed by atoms with van der Waals surface area (Å²) in [7, 11) is 0. The van der Waals surface area contributed by atoms with Crippen LogP contribution in [-0.4, -0.2) is 44.5 Å². The molecule has 0 unspecified atom stereocenters. The predicted molar refractivity (Wildman–Crippen MR) is 55.1 cm³/mol. The van der Waals surface area contributed by atoms with Gasteiger partial charge in [-0.25, -0.2) is 4.68 Å². The van der Waals surface area contributed by atoms with Crippen molar-refractivity contribution in [3.63, 3.8) is 0 Å². The molecule has 1 aromatic rings. The molecule has 0 aliphatic heterocycles. The highest BCUT2D eigenvalue weighted by Gasteiger charge is 2.05. The summed E-state index contributed by atoms with van der Waals surface area (Å²) in [6.07, 6.45) is 2.66. The van der Waals surface area contributed by atoms with Gasteiger partial charge in [-0.15, -0.1) is 5.10 Å². The number of nitrogens with one attached hydrogen (secondary N) is 1. The minimum Gasteiger partial charge on any atom is -0.395 e. The van der Waals surface area contributed by atoms with Crippen LogP contribution < -0.4 is 5.32 Å². The average molecular weight is 214 g/mol. The van der Waals surface area contributed by atoms with Gasteiger partial charge in [0.15, 0.2) is 0 Å². The molecule has 6 heteroatoms. The van der Waals surface area contributed by atoms with Gasteiger partial charge in [0.05, 0.1) is 25.5 Å². The number of aliphatic hydroxyl groups excluding tert-OH is 2. The molecule has 0 spiro atoms. The van der Waals surface area contributed by atoms with Gasteiger partial charge in [0.1, 0.15) is 0 Å². The highest BCUT2D eigenvalue weighted by atomic mass is 16.3. The maximum absolute atomic E-state index is 8.96. The van der Waals surface area contributed by atoms with Crippen LogP contribution in [0.2, 0.25) is 0 Å². The number of aromatic nitrogens is 3. The Morgan fingerprint density at radius 2 is 2.33 bits per heavy atom. The van der Waals surface area contributed by atoms with E-state index < -0.39 is 0 Å². The summed E-state index contributed by atoms with van der Waals surface area (Å²) in [6, 6.07) is 0.105. The van der Waals surface area contributed by atoms with Crippen LogP contribution in [0.5, 0.6) is 0 Å². The molecule has 1 aromatic heterocycles. The molecule has 1 atom stereocenters. The third-order valence-corrected chi connectivity index (χ3v) is 2.20. The zero-order valence-corrected chi connectivity index (χ0v) is 8.93. The number of nitrogens with zero attached hydrogens (tertiary/aromatic N) is 3. The van der Waals surface area contributed by atoms with E-state index in [0.29, 0.717) is 13.1 Å². The fraction of sp³-hybridized carbons (Fsp3) is 0.778. The van der Waals surface area contributed by atoms with Crippen molar-refractivity contribution in [2.24, 2.45) is 0 Å². The van der Waals surface area contributed by atoms with Crippen LogP contribution in [0.15, 0.2) is 6.20 Å². The molecule has 1 rings (SSSR count). The second-order valence-corrected chi connectivity index (χ2v) is 3.37. The smallest absolute Gasteiger partial charge is 0.0964 e. The van der Waals surface area contributed by atoms with E-state index in [1.165, 1.54) is 0 Å². The number of hydrogen-bond donors (Lipinski definition) is 3. The summed E-state index contributed by atoms with van der Waals surface area (Å²) in [6.45, 7) is 3.25. The standard InChI is InChI=1S/C9H18N4O2/c1-2-8(7-15)10-5-9-6-13(3-4-14)12-11-9/h6,8,10,14-15H,2-5,7H2,1H3/t8-/m1/s1. The molecule has 0 amide bonds. The third-order valence-electron chi connectivity index (χ3n) is 2.20. The van der Waals surface area contributed by atoms with Crippen LogP contribution in [0.1, 0.15) is 19.0 Å². The van der Waals surface area contributed by atoms with E-state index in [9.17, 15) is 0 Å². The van der Waals surface area contributed by atoms with Crippen LogP contribution in [0.3, 0.4) is 0 Å². The van der Waals surface area contributed by atoms with Crippen LogP contribution in [0.25, 0.3) is 0 Å². The Bertz CT molecular complexity index is 273. The zero-order valence-electron chi connectivity index (χ0n) is 8.93. The Balaban J connectivity index is 2.36. The van der Waals surface area contributed by atoms with Crippen molar-refractivity contribution in [2.75, 3.05) is 13.2 Å². The molecule has 15 heavy (non-hydrogen) atoms. The molecule has 0 fully saturated rings. The first-order valence-corrected chi connectivity index (χ1v) is 5.14. The molecule has 3 N–H and O–H groups in total. The molecule has 6 nitrogen and oxygen atoms in total. The monoisotopic (exact) mass is 214 g/mol. The Labute approximate surface area is 88.9 Å². The Hall–Kier alpha value is -0.980. The fourth-order valence-electron chi connectivity index (χ4n) is 1.22. The second kappa shape index (κ2) is 6.49. The first-order chi connectivity index (χ1) is 7.30. The Morgan fingerprint density at radius 3 is 2.93 bits per heavy atom. The lowest BCUT2D eigenvalue weighted by Crippen LogP contribution is -2.31. The van der Waals surface area contributed by atoms with Gasteiger partial charge in [-0.05, 0) is 6.42 Å². The predicted octanol–water partition coefficient (Wildman–Crippen LogP) is -0.869. The second-order valence-electron chi connectivity index (χ2n) is 3.37. The van der Waals surface area contributed by atoms with Crippen molar-refractivity contribution in [3.8, 4) is 0 Å². The Kier molecular flexibility index (Phi) is 5.23. The van der Waals surface area contributed by atoms with E-state index >= 15 is 0 Å². The lowest BCUT2D eigenvalue weighted by Gasteiger charge is -2.11. The van der Waals surface area contributed by atoms with E-state index in [-0.39, 0.29) is 19.3 Å². The summed E-state index contributed by atoms with van der Waals surface area (Å²) in [5, 5.41) is 28.6. The minimum atomic E-state index is 0.0600. The molecule has 0 saturated heterocycles. The van der Waals surface area contributed by atoms with E-state index in [4.69, 9.17) is 10.2 Å². The van der Waals surface area contributed by atoms with Gasteiger partial charge in [0, 0.05) is 18.8 Å². The van der Waals surface area contributed by atoms with E-state index in [1.54, 1.807) is 10.9 Å². The molecule has 0 radical (unpaired) electrons. The van der Waals surface area contributed by atoms with Gasteiger partial charge >= 0.3 is 0 Å². The topological polar surface area (TPSA) is 83.2 Å². The Morgan fingerprint density at radius 1 is 1.53 bits per heavy atom. The van der Waals surface area contributed by atoms with Crippen molar-refractivity contribution >= 4 is 0 Å². The van der Waals surface area contributed by atoms with Gasteiger partial charge < -0.3 is 15.5 Å². The van der Waals surface area contributed by atoms with Crippen LogP contribution in [0.4, 0.5) is 0 Å². The van der Waals surface area contributed by atoms with Gasteiger partial charge in [-0.1, -0.05) is 12.1 Å². The van der Waals surface area contributed by atoms with Gasteiger partial charge in [-0.3, -0.25) is 0 Å². The summed E-state index contributed by atoms with van der Waals surface area (Å²) in [5.74, 6) is 0. The molecule has 1 heterocycles. The molecular formula is C9H18N4O2. The first kappa shape index (κ1) is 12.1. The molecule has 0 aliphatic carbocycles. The van der Waals surface area contributed by atoms with Crippen molar-refractivity contribution in [2.45, 2.75) is 32.5 Å².